The first-order valence-corrected chi connectivity index (χ1v) is 6.81. The molecule has 0 bridgehead atoms. The van der Waals surface area contributed by atoms with Gasteiger partial charge in [-0.25, -0.2) is 0 Å². The Kier molecular flexibility index (Phi) is 3.11. The molecule has 3 rings (SSSR count). The summed E-state index contributed by atoms with van der Waals surface area (Å²) in [7, 11) is 0. The molecule has 0 aliphatic carbocycles. The molecule has 19 heavy (non-hydrogen) atoms. The standard InChI is InChI=1S/C15H20N2O2/c1-10-11(2)17(5-3-4-16)13-9-15-14(8-12(10)13)18-6-7-19-15/h8-9H,3-7,16H2,1-2H3. The van der Waals surface area contributed by atoms with Crippen LogP contribution in [0.15, 0.2) is 12.1 Å². The lowest BCUT2D eigenvalue weighted by Gasteiger charge is -2.18. The van der Waals surface area contributed by atoms with Crippen molar-refractivity contribution in [1.29, 1.82) is 0 Å². The van der Waals surface area contributed by atoms with Crippen LogP contribution in [0.1, 0.15) is 17.7 Å². The van der Waals surface area contributed by atoms with Crippen molar-refractivity contribution in [2.75, 3.05) is 19.8 Å². The molecule has 0 saturated heterocycles. The summed E-state index contributed by atoms with van der Waals surface area (Å²) < 4.78 is 13.7. The van der Waals surface area contributed by atoms with E-state index in [1.165, 1.54) is 22.2 Å². The van der Waals surface area contributed by atoms with E-state index in [0.717, 1.165) is 24.5 Å². The van der Waals surface area contributed by atoms with E-state index in [1.807, 2.05) is 0 Å². The lowest BCUT2D eigenvalue weighted by molar-refractivity contribution is 0.172. The molecule has 0 fully saturated rings. The van der Waals surface area contributed by atoms with Crippen molar-refractivity contribution in [3.05, 3.63) is 23.4 Å². The Bertz CT molecular complexity index is 616. The lowest BCUT2D eigenvalue weighted by atomic mass is 10.1. The smallest absolute Gasteiger partial charge is 0.163 e. The predicted octanol–water partition coefficient (Wildman–Crippen LogP) is 2.38. The third kappa shape index (κ3) is 1.96. The summed E-state index contributed by atoms with van der Waals surface area (Å²) in [5.74, 6) is 1.71. The summed E-state index contributed by atoms with van der Waals surface area (Å²) in [4.78, 5) is 0. The normalized spacial score (nSPS) is 14.1. The SMILES string of the molecule is Cc1c(C)n(CCCN)c2cc3c(cc12)OCCO3. The lowest BCUT2D eigenvalue weighted by Crippen LogP contribution is -2.15. The van der Waals surface area contributed by atoms with Gasteiger partial charge in [-0.2, -0.15) is 0 Å². The van der Waals surface area contributed by atoms with E-state index in [2.05, 4.69) is 30.5 Å². The zero-order valence-corrected chi connectivity index (χ0v) is 11.5. The van der Waals surface area contributed by atoms with Crippen molar-refractivity contribution in [2.45, 2.75) is 26.8 Å². The molecule has 4 heteroatoms. The fraction of sp³-hybridized carbons (Fsp3) is 0.467. The van der Waals surface area contributed by atoms with Gasteiger partial charge in [-0.1, -0.05) is 0 Å². The van der Waals surface area contributed by atoms with E-state index in [9.17, 15) is 0 Å². The van der Waals surface area contributed by atoms with E-state index in [0.29, 0.717) is 19.8 Å². The summed E-state index contributed by atoms with van der Waals surface area (Å²) >= 11 is 0. The predicted molar refractivity (Wildman–Crippen MR) is 76.1 cm³/mol. The van der Waals surface area contributed by atoms with Crippen LogP contribution in [-0.4, -0.2) is 24.3 Å². The van der Waals surface area contributed by atoms with Crippen LogP contribution in [0.3, 0.4) is 0 Å². The molecule has 1 aromatic heterocycles. The third-order valence-corrected chi connectivity index (χ3v) is 3.89. The Balaban J connectivity index is 2.17. The largest absolute Gasteiger partial charge is 0.486 e. The first kappa shape index (κ1) is 12.4. The average molecular weight is 260 g/mol. The highest BCUT2D eigenvalue weighted by Crippen LogP contribution is 2.37. The number of hydrogen-bond donors (Lipinski definition) is 1. The molecule has 1 aliphatic rings. The number of ether oxygens (including phenoxy) is 2. The van der Waals surface area contributed by atoms with Gasteiger partial charge in [0.05, 0.1) is 5.52 Å². The Morgan fingerprint density at radius 1 is 1.16 bits per heavy atom. The first-order valence-electron chi connectivity index (χ1n) is 6.81. The molecule has 0 atom stereocenters. The molecule has 1 aromatic carbocycles. The molecule has 0 spiro atoms. The van der Waals surface area contributed by atoms with Crippen LogP contribution in [-0.2, 0) is 6.54 Å². The van der Waals surface area contributed by atoms with Crippen molar-refractivity contribution in [2.24, 2.45) is 5.73 Å². The fourth-order valence-corrected chi connectivity index (χ4v) is 2.72. The first-order chi connectivity index (χ1) is 9.22. The molecular weight excluding hydrogens is 240 g/mol. The maximum Gasteiger partial charge on any atom is 0.163 e. The van der Waals surface area contributed by atoms with Gasteiger partial charge in [0.2, 0.25) is 0 Å². The minimum atomic E-state index is 0.625. The molecule has 0 amide bonds. The molecule has 1 aliphatic heterocycles. The van der Waals surface area contributed by atoms with Gasteiger partial charge in [-0.05, 0) is 38.4 Å². The number of hydrogen-bond acceptors (Lipinski definition) is 3. The number of aromatic nitrogens is 1. The van der Waals surface area contributed by atoms with Crippen LogP contribution < -0.4 is 15.2 Å². The molecule has 4 nitrogen and oxygen atoms in total. The highest BCUT2D eigenvalue weighted by atomic mass is 16.6. The van der Waals surface area contributed by atoms with Crippen LogP contribution in [0.25, 0.3) is 10.9 Å². The van der Waals surface area contributed by atoms with Gasteiger partial charge in [-0.3, -0.25) is 0 Å². The zero-order chi connectivity index (χ0) is 13.4. The molecule has 2 heterocycles. The Morgan fingerprint density at radius 3 is 2.53 bits per heavy atom. The molecule has 102 valence electrons. The van der Waals surface area contributed by atoms with Crippen LogP contribution >= 0.6 is 0 Å². The van der Waals surface area contributed by atoms with Crippen LogP contribution in [0.2, 0.25) is 0 Å². The molecule has 2 N–H and O–H groups in total. The summed E-state index contributed by atoms with van der Waals surface area (Å²) in [5, 5.41) is 1.25. The molecule has 2 aromatic rings. The second kappa shape index (κ2) is 4.78. The van der Waals surface area contributed by atoms with Crippen molar-refractivity contribution < 1.29 is 9.47 Å². The number of nitrogens with zero attached hydrogens (tertiary/aromatic N) is 1. The Morgan fingerprint density at radius 2 is 1.84 bits per heavy atom. The maximum atomic E-state index is 5.68. The zero-order valence-electron chi connectivity index (χ0n) is 11.5. The highest BCUT2D eigenvalue weighted by molar-refractivity contribution is 5.88. The third-order valence-electron chi connectivity index (χ3n) is 3.89. The van der Waals surface area contributed by atoms with E-state index in [4.69, 9.17) is 15.2 Å². The van der Waals surface area contributed by atoms with Gasteiger partial charge in [0.1, 0.15) is 13.2 Å². The topological polar surface area (TPSA) is 49.4 Å². The molecule has 0 saturated carbocycles. The Labute approximate surface area is 113 Å². The summed E-state index contributed by atoms with van der Waals surface area (Å²) in [6.45, 7) is 7.23. The quantitative estimate of drug-likeness (QED) is 0.921. The molecule has 0 unspecified atom stereocenters. The number of fused-ring (bicyclic) bond motifs is 2. The van der Waals surface area contributed by atoms with E-state index in [-0.39, 0.29) is 0 Å². The van der Waals surface area contributed by atoms with Crippen LogP contribution in [0.4, 0.5) is 0 Å². The number of benzene rings is 1. The number of aryl methyl sites for hydroxylation is 2. The van der Waals surface area contributed by atoms with Gasteiger partial charge in [-0.15, -0.1) is 0 Å². The van der Waals surface area contributed by atoms with E-state index in [1.54, 1.807) is 0 Å². The molecule has 0 radical (unpaired) electrons. The highest BCUT2D eigenvalue weighted by Gasteiger charge is 2.17. The second-order valence-electron chi connectivity index (χ2n) is 5.02. The molecular formula is C15H20N2O2. The second-order valence-corrected chi connectivity index (χ2v) is 5.02. The van der Waals surface area contributed by atoms with Gasteiger partial charge >= 0.3 is 0 Å². The van der Waals surface area contributed by atoms with Gasteiger partial charge < -0.3 is 19.8 Å². The van der Waals surface area contributed by atoms with Gasteiger partial charge in [0, 0.05) is 23.7 Å². The minimum Gasteiger partial charge on any atom is -0.486 e. The summed E-state index contributed by atoms with van der Waals surface area (Å²) in [6.07, 6.45) is 0.985. The summed E-state index contributed by atoms with van der Waals surface area (Å²) in [5.41, 5.74) is 9.45. The Hall–Kier alpha value is -1.68. The number of rotatable bonds is 3. The number of nitrogens with two attached hydrogens (primary N) is 1. The van der Waals surface area contributed by atoms with Crippen molar-refractivity contribution in [1.82, 2.24) is 4.57 Å². The van der Waals surface area contributed by atoms with Crippen LogP contribution in [0, 0.1) is 13.8 Å². The monoisotopic (exact) mass is 260 g/mol. The average Bonchev–Trinajstić information content (AvgIpc) is 2.67. The van der Waals surface area contributed by atoms with Crippen molar-refractivity contribution in [3.8, 4) is 11.5 Å². The maximum absolute atomic E-state index is 5.68. The fourth-order valence-electron chi connectivity index (χ4n) is 2.72. The van der Waals surface area contributed by atoms with Gasteiger partial charge in [0.15, 0.2) is 11.5 Å². The van der Waals surface area contributed by atoms with E-state index < -0.39 is 0 Å². The van der Waals surface area contributed by atoms with Gasteiger partial charge in [0.25, 0.3) is 0 Å². The van der Waals surface area contributed by atoms with E-state index >= 15 is 0 Å². The van der Waals surface area contributed by atoms with Crippen LogP contribution in [0.5, 0.6) is 11.5 Å². The van der Waals surface area contributed by atoms with Crippen molar-refractivity contribution >= 4 is 10.9 Å². The minimum absolute atomic E-state index is 0.625. The van der Waals surface area contributed by atoms with Crippen molar-refractivity contribution in [3.63, 3.8) is 0 Å². The summed E-state index contributed by atoms with van der Waals surface area (Å²) in [6, 6.07) is 4.20.